The lowest BCUT2D eigenvalue weighted by Crippen LogP contribution is -2.31. The maximum absolute atomic E-state index is 12.6. The maximum atomic E-state index is 12.6. The van der Waals surface area contributed by atoms with E-state index in [0.717, 1.165) is 0 Å². The van der Waals surface area contributed by atoms with Crippen LogP contribution in [-0.4, -0.2) is 61.8 Å². The molecule has 2 rings (SSSR count). The molecule has 0 atom stereocenters. The summed E-state index contributed by atoms with van der Waals surface area (Å²) in [6.45, 7) is -0.197. The van der Waals surface area contributed by atoms with E-state index >= 15 is 0 Å². The molecule has 1 aliphatic heterocycles. The number of amides is 1. The van der Waals surface area contributed by atoms with Crippen molar-refractivity contribution >= 4 is 57.7 Å². The number of hydrogen-bond acceptors (Lipinski definition) is 7. The third kappa shape index (κ3) is 4.10. The predicted octanol–water partition coefficient (Wildman–Crippen LogP) is 1.40. The minimum absolute atomic E-state index is 0.00781. The van der Waals surface area contributed by atoms with Gasteiger partial charge >= 0.3 is 11.9 Å². The van der Waals surface area contributed by atoms with Gasteiger partial charge in [0.15, 0.2) is 0 Å². The summed E-state index contributed by atoms with van der Waals surface area (Å²) in [5.41, 5.74) is 0.496. The molecule has 1 aromatic carbocycles. The highest BCUT2D eigenvalue weighted by Gasteiger charge is 2.35. The first kappa shape index (κ1) is 20.5. The summed E-state index contributed by atoms with van der Waals surface area (Å²) in [7, 11) is 2.43. The van der Waals surface area contributed by atoms with Crippen molar-refractivity contribution in [2.45, 2.75) is 0 Å². The average Bonchev–Trinajstić information content (AvgIpc) is 2.92. The molecule has 0 spiro atoms. The molecule has 0 aliphatic carbocycles. The van der Waals surface area contributed by atoms with Crippen molar-refractivity contribution < 1.29 is 29.0 Å². The molecule has 10 heteroatoms. The van der Waals surface area contributed by atoms with Crippen molar-refractivity contribution in [2.75, 3.05) is 39.2 Å². The number of hydrogen-bond donors (Lipinski definition) is 2. The second-order valence-electron chi connectivity index (χ2n) is 5.22. The quantitative estimate of drug-likeness (QED) is 0.455. The maximum Gasteiger partial charge on any atom is 0.340 e. The fraction of sp³-hybridized carbons (Fsp3) is 0.312. The minimum atomic E-state index is -0.676. The predicted molar refractivity (Wildman–Crippen MR) is 102 cm³/mol. The summed E-state index contributed by atoms with van der Waals surface area (Å²) in [6.07, 6.45) is 0. The van der Waals surface area contributed by atoms with Crippen LogP contribution in [0.25, 0.3) is 0 Å². The average molecular weight is 495 g/mol. The normalized spacial score (nSPS) is 13.9. The highest BCUT2D eigenvalue weighted by Crippen LogP contribution is 2.31. The van der Waals surface area contributed by atoms with Crippen molar-refractivity contribution in [1.82, 2.24) is 4.90 Å². The lowest BCUT2D eigenvalue weighted by atomic mass is 10.1. The highest BCUT2D eigenvalue weighted by molar-refractivity contribution is 14.1. The van der Waals surface area contributed by atoms with Gasteiger partial charge in [0.05, 0.1) is 44.2 Å². The third-order valence-corrected chi connectivity index (χ3v) is 4.73. The third-order valence-electron chi connectivity index (χ3n) is 3.66. The summed E-state index contributed by atoms with van der Waals surface area (Å²) in [5.74, 6) is -1.81. The lowest BCUT2D eigenvalue weighted by Gasteiger charge is -2.16. The molecule has 1 heterocycles. The fourth-order valence-electron chi connectivity index (χ4n) is 2.45. The number of nitrogens with zero attached hydrogens (tertiary/aromatic N) is 1. The lowest BCUT2D eigenvalue weighted by molar-refractivity contribution is -0.136. The molecule has 0 unspecified atom stereocenters. The standard InChI is InChI=1S/C16H16ClIN2O6/c1-25-15(23)9-5-8(17)6-11(18)12(9)19-13-10(16(24)26-2)7-20(3-4-21)14(13)22/h5-6,19,21H,3-4,7H2,1-2H3. The SMILES string of the molecule is COC(=O)C1=C(Nc2c(I)cc(Cl)cc2C(=O)OC)C(=O)N(CCO)C1. The molecule has 1 amide bonds. The van der Waals surface area contributed by atoms with E-state index in [1.807, 2.05) is 22.6 Å². The van der Waals surface area contributed by atoms with E-state index in [2.05, 4.69) is 5.32 Å². The first-order chi connectivity index (χ1) is 12.3. The highest BCUT2D eigenvalue weighted by atomic mass is 127. The Balaban J connectivity index is 2.52. The van der Waals surface area contributed by atoms with Gasteiger partial charge in [0.25, 0.3) is 5.91 Å². The molecule has 0 saturated carbocycles. The molecule has 1 aliphatic rings. The van der Waals surface area contributed by atoms with E-state index in [1.165, 1.54) is 25.2 Å². The molecular weight excluding hydrogens is 479 g/mol. The zero-order chi connectivity index (χ0) is 19.4. The number of aliphatic hydroxyl groups excluding tert-OH is 1. The van der Waals surface area contributed by atoms with Crippen LogP contribution in [-0.2, 0) is 19.1 Å². The molecule has 140 valence electrons. The molecule has 8 nitrogen and oxygen atoms in total. The van der Waals surface area contributed by atoms with Gasteiger partial charge in [-0.05, 0) is 34.7 Å². The molecule has 0 radical (unpaired) electrons. The first-order valence-corrected chi connectivity index (χ1v) is 8.85. The first-order valence-electron chi connectivity index (χ1n) is 7.40. The van der Waals surface area contributed by atoms with Crippen LogP contribution in [0.3, 0.4) is 0 Å². The van der Waals surface area contributed by atoms with E-state index in [0.29, 0.717) is 8.59 Å². The Kier molecular flexibility index (Phi) is 6.84. The number of β-amino-alcohol motifs (C(OH)–C–C–N with tert-alkyl or cyclic N) is 1. The zero-order valence-electron chi connectivity index (χ0n) is 14.0. The van der Waals surface area contributed by atoms with Crippen LogP contribution < -0.4 is 5.32 Å². The molecule has 0 bridgehead atoms. The van der Waals surface area contributed by atoms with E-state index in [9.17, 15) is 14.4 Å². The van der Waals surface area contributed by atoms with Crippen molar-refractivity contribution in [2.24, 2.45) is 0 Å². The van der Waals surface area contributed by atoms with Gasteiger partial charge in [-0.15, -0.1) is 0 Å². The Labute approximate surface area is 168 Å². The molecule has 1 aromatic rings. The van der Waals surface area contributed by atoms with Crippen LogP contribution in [0.15, 0.2) is 23.4 Å². The Morgan fingerprint density at radius 2 is 1.96 bits per heavy atom. The molecule has 0 fully saturated rings. The number of carbonyl (C=O) groups is 3. The molecule has 2 N–H and O–H groups in total. The van der Waals surface area contributed by atoms with Crippen LogP contribution in [0.5, 0.6) is 0 Å². The summed E-state index contributed by atoms with van der Waals surface area (Å²) in [6, 6.07) is 3.00. The van der Waals surface area contributed by atoms with Crippen LogP contribution in [0.2, 0.25) is 5.02 Å². The van der Waals surface area contributed by atoms with Gasteiger partial charge in [-0.25, -0.2) is 9.59 Å². The van der Waals surface area contributed by atoms with Gasteiger partial charge in [-0.3, -0.25) is 4.79 Å². The van der Waals surface area contributed by atoms with E-state index in [1.54, 1.807) is 6.07 Å². The number of aliphatic hydroxyl groups is 1. The van der Waals surface area contributed by atoms with Crippen LogP contribution in [0.1, 0.15) is 10.4 Å². The van der Waals surface area contributed by atoms with Gasteiger partial charge < -0.3 is 24.8 Å². The Morgan fingerprint density at radius 1 is 1.31 bits per heavy atom. The Hall–Kier alpha value is -1.85. The largest absolute Gasteiger partial charge is 0.466 e. The number of halogens is 2. The zero-order valence-corrected chi connectivity index (χ0v) is 16.9. The number of rotatable bonds is 6. The van der Waals surface area contributed by atoms with Gasteiger partial charge in [0.2, 0.25) is 0 Å². The second-order valence-corrected chi connectivity index (χ2v) is 6.82. The van der Waals surface area contributed by atoms with E-state index < -0.39 is 17.8 Å². The minimum Gasteiger partial charge on any atom is -0.466 e. The summed E-state index contributed by atoms with van der Waals surface area (Å²) in [4.78, 5) is 38.0. The van der Waals surface area contributed by atoms with Crippen molar-refractivity contribution in [3.05, 3.63) is 37.6 Å². The van der Waals surface area contributed by atoms with Gasteiger partial charge in [0.1, 0.15) is 5.70 Å². The van der Waals surface area contributed by atoms with Crippen molar-refractivity contribution in [3.8, 4) is 0 Å². The summed E-state index contributed by atoms with van der Waals surface area (Å²) in [5, 5.41) is 12.3. The number of ether oxygens (including phenoxy) is 2. The van der Waals surface area contributed by atoms with Gasteiger partial charge in [-0.2, -0.15) is 0 Å². The van der Waals surface area contributed by atoms with Gasteiger partial charge in [0, 0.05) is 15.1 Å². The topological polar surface area (TPSA) is 105 Å². The van der Waals surface area contributed by atoms with Crippen LogP contribution in [0.4, 0.5) is 5.69 Å². The summed E-state index contributed by atoms with van der Waals surface area (Å²) < 4.78 is 10.0. The Morgan fingerprint density at radius 3 is 2.54 bits per heavy atom. The number of methoxy groups -OCH3 is 2. The molecule has 26 heavy (non-hydrogen) atoms. The number of carbonyl (C=O) groups excluding carboxylic acids is 3. The fourth-order valence-corrected chi connectivity index (χ4v) is 3.61. The molecule has 0 aromatic heterocycles. The van der Waals surface area contributed by atoms with E-state index in [4.69, 9.17) is 26.2 Å². The van der Waals surface area contributed by atoms with Crippen molar-refractivity contribution in [3.63, 3.8) is 0 Å². The summed E-state index contributed by atoms with van der Waals surface area (Å²) >= 11 is 7.96. The monoisotopic (exact) mass is 494 g/mol. The molecular formula is C16H16ClIN2O6. The number of nitrogens with one attached hydrogen (secondary N) is 1. The van der Waals surface area contributed by atoms with Crippen molar-refractivity contribution in [1.29, 1.82) is 0 Å². The number of benzene rings is 1. The number of anilines is 1. The molecule has 0 saturated heterocycles. The Bertz CT molecular complexity index is 795. The van der Waals surface area contributed by atoms with Crippen LogP contribution >= 0.6 is 34.2 Å². The van der Waals surface area contributed by atoms with Crippen LogP contribution in [0, 0.1) is 3.57 Å². The smallest absolute Gasteiger partial charge is 0.340 e. The van der Waals surface area contributed by atoms with E-state index in [-0.39, 0.29) is 42.2 Å². The number of esters is 2. The van der Waals surface area contributed by atoms with Gasteiger partial charge in [-0.1, -0.05) is 11.6 Å². The second kappa shape index (κ2) is 8.69.